The highest BCUT2D eigenvalue weighted by atomic mass is 28.2. The van der Waals surface area contributed by atoms with Gasteiger partial charge in [0.2, 0.25) is 0 Å². The van der Waals surface area contributed by atoms with Gasteiger partial charge in [-0.05, 0) is 0 Å². The molecular formula is C8H21N3O2Si. The average molecular weight is 219 g/mol. The van der Waals surface area contributed by atoms with Crippen LogP contribution in [0, 0.1) is 0 Å². The van der Waals surface area contributed by atoms with E-state index in [1.807, 2.05) is 0 Å². The predicted octanol–water partition coefficient (Wildman–Crippen LogP) is -1.90. The van der Waals surface area contributed by atoms with Crippen molar-refractivity contribution in [2.75, 3.05) is 46.6 Å². The predicted molar refractivity (Wildman–Crippen MR) is 58.8 cm³/mol. The van der Waals surface area contributed by atoms with Crippen LogP contribution in [0.2, 0.25) is 0 Å². The molecule has 1 saturated heterocycles. The SMILES string of the molecule is COC(OC)[SiH2]CNN1CCNCC1. The molecule has 14 heavy (non-hydrogen) atoms. The zero-order valence-electron chi connectivity index (χ0n) is 9.08. The summed E-state index contributed by atoms with van der Waals surface area (Å²) < 4.78 is 10.3. The number of hydrogen-bond acceptors (Lipinski definition) is 5. The van der Waals surface area contributed by atoms with Crippen LogP contribution in [-0.2, 0) is 9.47 Å². The van der Waals surface area contributed by atoms with Gasteiger partial charge >= 0.3 is 0 Å². The number of hydrazine groups is 1. The standard InChI is InChI=1S/C8H21N3O2Si/c1-12-8(13-2)14-7-10-11-5-3-9-4-6-11/h8-10H,3-7,14H2,1-2H3. The van der Waals surface area contributed by atoms with Crippen LogP contribution in [0.4, 0.5) is 0 Å². The summed E-state index contributed by atoms with van der Waals surface area (Å²) in [6.45, 7) is 4.32. The van der Waals surface area contributed by atoms with Gasteiger partial charge in [-0.2, -0.15) is 0 Å². The van der Waals surface area contributed by atoms with Crippen molar-refractivity contribution in [3.05, 3.63) is 0 Å². The lowest BCUT2D eigenvalue weighted by atomic mass is 10.4. The first-order valence-corrected chi connectivity index (χ1v) is 6.93. The Morgan fingerprint density at radius 1 is 1.36 bits per heavy atom. The minimum Gasteiger partial charge on any atom is -0.360 e. The van der Waals surface area contributed by atoms with Crippen LogP contribution in [0.3, 0.4) is 0 Å². The molecule has 1 aliphatic heterocycles. The molecule has 0 atom stereocenters. The Balaban J connectivity index is 2.01. The van der Waals surface area contributed by atoms with Crippen LogP contribution in [0.5, 0.6) is 0 Å². The van der Waals surface area contributed by atoms with Gasteiger partial charge in [-0.25, -0.2) is 5.01 Å². The average Bonchev–Trinajstić information content (AvgIpc) is 2.26. The molecule has 0 amide bonds. The van der Waals surface area contributed by atoms with Gasteiger partial charge in [0.1, 0.15) is 15.4 Å². The van der Waals surface area contributed by atoms with E-state index in [9.17, 15) is 0 Å². The van der Waals surface area contributed by atoms with Crippen molar-refractivity contribution in [2.24, 2.45) is 0 Å². The Labute approximate surface area is 87.9 Å². The molecular weight excluding hydrogens is 198 g/mol. The summed E-state index contributed by atoms with van der Waals surface area (Å²) >= 11 is 0. The molecule has 0 aromatic heterocycles. The molecule has 0 spiro atoms. The normalized spacial score (nSPS) is 19.9. The zero-order valence-corrected chi connectivity index (χ0v) is 10.5. The minimum absolute atomic E-state index is 0.0467. The van der Waals surface area contributed by atoms with E-state index in [0.717, 1.165) is 32.3 Å². The molecule has 0 aromatic rings. The highest BCUT2D eigenvalue weighted by Crippen LogP contribution is 1.89. The fraction of sp³-hybridized carbons (Fsp3) is 1.00. The molecule has 0 aromatic carbocycles. The summed E-state index contributed by atoms with van der Waals surface area (Å²) in [5.41, 5.74) is 3.42. The van der Waals surface area contributed by atoms with E-state index in [0.29, 0.717) is 0 Å². The molecule has 0 saturated carbocycles. The largest absolute Gasteiger partial charge is 0.360 e. The Kier molecular flexibility index (Phi) is 6.33. The molecule has 6 heteroatoms. The Hall–Kier alpha value is 0.0169. The van der Waals surface area contributed by atoms with Crippen molar-refractivity contribution in [1.29, 1.82) is 0 Å². The van der Waals surface area contributed by atoms with E-state index in [-0.39, 0.29) is 15.4 Å². The number of nitrogens with one attached hydrogen (secondary N) is 2. The fourth-order valence-electron chi connectivity index (χ4n) is 1.50. The molecule has 84 valence electrons. The molecule has 1 fully saturated rings. The molecule has 0 bridgehead atoms. The number of rotatable bonds is 6. The van der Waals surface area contributed by atoms with E-state index in [1.54, 1.807) is 14.2 Å². The first-order valence-electron chi connectivity index (χ1n) is 5.11. The van der Waals surface area contributed by atoms with E-state index < -0.39 is 0 Å². The number of methoxy groups -OCH3 is 2. The van der Waals surface area contributed by atoms with Crippen LogP contribution in [0.25, 0.3) is 0 Å². The second kappa shape index (κ2) is 7.33. The third-order valence-electron chi connectivity index (χ3n) is 2.36. The molecule has 1 rings (SSSR count). The van der Waals surface area contributed by atoms with Crippen molar-refractivity contribution < 1.29 is 9.47 Å². The molecule has 1 aliphatic rings. The lowest BCUT2D eigenvalue weighted by molar-refractivity contribution is -0.0445. The fourth-order valence-corrected chi connectivity index (χ4v) is 2.65. The van der Waals surface area contributed by atoms with Gasteiger partial charge in [0.25, 0.3) is 0 Å². The highest BCUT2D eigenvalue weighted by Gasteiger charge is 2.10. The van der Waals surface area contributed by atoms with Crippen LogP contribution >= 0.6 is 0 Å². The van der Waals surface area contributed by atoms with Crippen molar-refractivity contribution in [1.82, 2.24) is 15.8 Å². The Morgan fingerprint density at radius 3 is 2.57 bits per heavy atom. The molecule has 1 heterocycles. The first-order chi connectivity index (χ1) is 6.86. The third-order valence-corrected chi connectivity index (χ3v) is 4.01. The van der Waals surface area contributed by atoms with Gasteiger partial charge in [0, 0.05) is 46.6 Å². The quantitative estimate of drug-likeness (QED) is 0.404. The number of piperazine rings is 1. The van der Waals surface area contributed by atoms with Crippen LogP contribution in [0.15, 0.2) is 0 Å². The number of hydrogen-bond donors (Lipinski definition) is 2. The molecule has 0 unspecified atom stereocenters. The molecule has 0 radical (unpaired) electrons. The van der Waals surface area contributed by atoms with Gasteiger partial charge in [-0.3, -0.25) is 5.43 Å². The van der Waals surface area contributed by atoms with Gasteiger partial charge in [0.15, 0.2) is 0 Å². The number of ether oxygens (including phenoxy) is 2. The van der Waals surface area contributed by atoms with Crippen LogP contribution in [-0.4, -0.2) is 67.0 Å². The van der Waals surface area contributed by atoms with Crippen molar-refractivity contribution >= 4 is 9.52 Å². The zero-order chi connectivity index (χ0) is 10.2. The number of nitrogens with zero attached hydrogens (tertiary/aromatic N) is 1. The summed E-state index contributed by atoms with van der Waals surface area (Å²) in [5.74, 6) is 0.0467. The summed E-state index contributed by atoms with van der Waals surface area (Å²) in [5, 5.41) is 5.59. The first kappa shape index (κ1) is 12.1. The lowest BCUT2D eigenvalue weighted by Crippen LogP contribution is -2.52. The van der Waals surface area contributed by atoms with Crippen molar-refractivity contribution in [3.8, 4) is 0 Å². The Bertz CT molecular complexity index is 141. The van der Waals surface area contributed by atoms with Crippen molar-refractivity contribution in [2.45, 2.75) is 5.91 Å². The van der Waals surface area contributed by atoms with E-state index in [4.69, 9.17) is 9.47 Å². The topological polar surface area (TPSA) is 45.8 Å². The van der Waals surface area contributed by atoms with Gasteiger partial charge in [-0.1, -0.05) is 0 Å². The maximum Gasteiger partial charge on any atom is 0.135 e. The second-order valence-electron chi connectivity index (χ2n) is 3.33. The van der Waals surface area contributed by atoms with Crippen LogP contribution < -0.4 is 10.7 Å². The maximum atomic E-state index is 5.16. The minimum atomic E-state index is -0.337. The van der Waals surface area contributed by atoms with Gasteiger partial charge < -0.3 is 14.8 Å². The monoisotopic (exact) mass is 219 g/mol. The highest BCUT2D eigenvalue weighted by molar-refractivity contribution is 6.36. The molecule has 2 N–H and O–H groups in total. The maximum absolute atomic E-state index is 5.16. The molecule has 5 nitrogen and oxygen atoms in total. The van der Waals surface area contributed by atoms with Gasteiger partial charge in [0.05, 0.1) is 0 Å². The summed E-state index contributed by atoms with van der Waals surface area (Å²) in [7, 11) is 3.06. The van der Waals surface area contributed by atoms with E-state index >= 15 is 0 Å². The third kappa shape index (κ3) is 4.49. The van der Waals surface area contributed by atoms with E-state index in [1.165, 1.54) is 0 Å². The summed E-state index contributed by atoms with van der Waals surface area (Å²) in [6, 6.07) is 0. The summed E-state index contributed by atoms with van der Waals surface area (Å²) in [4.78, 5) is 0. The lowest BCUT2D eigenvalue weighted by Gasteiger charge is -2.28. The smallest absolute Gasteiger partial charge is 0.135 e. The van der Waals surface area contributed by atoms with Crippen molar-refractivity contribution in [3.63, 3.8) is 0 Å². The Morgan fingerprint density at radius 2 is 2.00 bits per heavy atom. The molecule has 0 aliphatic carbocycles. The second-order valence-corrected chi connectivity index (χ2v) is 5.08. The van der Waals surface area contributed by atoms with Gasteiger partial charge in [-0.15, -0.1) is 0 Å². The van der Waals surface area contributed by atoms with E-state index in [2.05, 4.69) is 15.8 Å². The van der Waals surface area contributed by atoms with Crippen LogP contribution in [0.1, 0.15) is 0 Å². The summed E-state index contributed by atoms with van der Waals surface area (Å²) in [6.07, 6.45) is 1.03.